The molecule has 0 radical (unpaired) electrons. The van der Waals surface area contributed by atoms with Crippen molar-refractivity contribution in [1.82, 2.24) is 20.3 Å². The van der Waals surface area contributed by atoms with Gasteiger partial charge in [0.05, 0.1) is 11.4 Å². The van der Waals surface area contributed by atoms with E-state index in [1.807, 2.05) is 31.3 Å². The van der Waals surface area contributed by atoms with E-state index in [1.54, 1.807) is 12.3 Å². The third kappa shape index (κ3) is 8.23. The Bertz CT molecular complexity index is 1100. The molecule has 2 aromatic heterocycles. The van der Waals surface area contributed by atoms with Gasteiger partial charge in [-0.25, -0.2) is 9.97 Å². The summed E-state index contributed by atoms with van der Waals surface area (Å²) in [6.07, 6.45) is 11.9. The Morgan fingerprint density at radius 3 is 2.58 bits per heavy atom. The minimum Gasteiger partial charge on any atom is -0.341 e. The maximum atomic E-state index is 13.3. The van der Waals surface area contributed by atoms with E-state index in [1.165, 1.54) is 18.6 Å². The summed E-state index contributed by atoms with van der Waals surface area (Å²) in [5, 5.41) is 0.451. The summed E-state index contributed by atoms with van der Waals surface area (Å²) in [5.74, 6) is 1.38. The third-order valence-corrected chi connectivity index (χ3v) is 6.94. The van der Waals surface area contributed by atoms with E-state index < -0.39 is 5.25 Å². The molecule has 1 aliphatic rings. The van der Waals surface area contributed by atoms with Crippen LogP contribution in [0.4, 0.5) is 14.7 Å². The van der Waals surface area contributed by atoms with Crippen LogP contribution < -0.4 is 10.2 Å². The minimum atomic E-state index is -3.12. The van der Waals surface area contributed by atoms with Crippen LogP contribution in [0.1, 0.15) is 63.9 Å². The van der Waals surface area contributed by atoms with Gasteiger partial charge >= 0.3 is 5.25 Å². The van der Waals surface area contributed by atoms with Crippen LogP contribution in [0.2, 0.25) is 0 Å². The fraction of sp³-hybridized carbons (Fsp3) is 0.464. The van der Waals surface area contributed by atoms with Crippen molar-refractivity contribution in [2.24, 2.45) is 5.92 Å². The molecule has 36 heavy (non-hydrogen) atoms. The van der Waals surface area contributed by atoms with Crippen molar-refractivity contribution in [1.29, 1.82) is 0 Å². The van der Waals surface area contributed by atoms with Gasteiger partial charge in [-0.3, -0.25) is 4.98 Å². The Morgan fingerprint density at radius 1 is 1.14 bits per heavy atom. The lowest BCUT2D eigenvalue weighted by Gasteiger charge is -2.32. The highest BCUT2D eigenvalue weighted by atomic mass is 32.1. The summed E-state index contributed by atoms with van der Waals surface area (Å²) < 4.78 is 26.6. The lowest BCUT2D eigenvalue weighted by molar-refractivity contribution is 0.151. The predicted molar refractivity (Wildman–Crippen MR) is 148 cm³/mol. The summed E-state index contributed by atoms with van der Waals surface area (Å²) in [5.41, 5.74) is 4.87. The van der Waals surface area contributed by atoms with E-state index in [-0.39, 0.29) is 5.57 Å². The van der Waals surface area contributed by atoms with E-state index in [2.05, 4.69) is 52.7 Å². The molecule has 1 N–H and O–H groups in total. The molecule has 0 saturated carbocycles. The minimum absolute atomic E-state index is 0.100. The average Bonchev–Trinajstić information content (AvgIpc) is 2.87. The summed E-state index contributed by atoms with van der Waals surface area (Å²) >= 11 is 3.33. The molecule has 0 bridgehead atoms. The van der Waals surface area contributed by atoms with Crippen LogP contribution in [0.5, 0.6) is 0 Å². The second-order valence-corrected chi connectivity index (χ2v) is 10.0. The Kier molecular flexibility index (Phi) is 10.2. The number of alkyl halides is 2. The SMILES string of the molecule is CC/C(C)=C/c1ccnc(N2CCC(CNCc3cccnc3/C(C)=C/C=C(\C)C(F)(F)S)CC2)n1. The largest absolute Gasteiger partial charge is 0.341 e. The number of nitrogens with zero attached hydrogens (tertiary/aromatic N) is 4. The summed E-state index contributed by atoms with van der Waals surface area (Å²) in [6.45, 7) is 11.0. The Hall–Kier alpha value is -2.58. The second kappa shape index (κ2) is 13.1. The number of thiol groups is 1. The van der Waals surface area contributed by atoms with Crippen molar-refractivity contribution in [3.05, 3.63) is 70.8 Å². The molecule has 1 aliphatic heterocycles. The first kappa shape index (κ1) is 28.0. The number of rotatable bonds is 10. The van der Waals surface area contributed by atoms with E-state index in [0.717, 1.165) is 67.4 Å². The molecule has 3 heterocycles. The molecule has 2 aromatic rings. The first-order chi connectivity index (χ1) is 17.2. The maximum absolute atomic E-state index is 13.3. The quantitative estimate of drug-likeness (QED) is 0.278. The third-order valence-electron chi connectivity index (χ3n) is 6.58. The standard InChI is InChI=1S/C28H37F2N5S/c1-5-20(2)17-25-10-14-33-27(34-25)35-15-11-23(12-16-35)18-31-19-24-7-6-13-32-26(24)21(3)8-9-22(4)28(29,30)36/h6-10,13-14,17,23,31,36H,5,11-12,15-16,18-19H2,1-4H3/b20-17+,21-8+,22-9+. The first-order valence-electron chi connectivity index (χ1n) is 12.5. The molecule has 1 saturated heterocycles. The van der Waals surface area contributed by atoms with Gasteiger partial charge in [-0.2, -0.15) is 8.78 Å². The number of aromatic nitrogens is 3. The molecule has 0 aliphatic carbocycles. The van der Waals surface area contributed by atoms with E-state index in [0.29, 0.717) is 12.5 Å². The fourth-order valence-corrected chi connectivity index (χ4v) is 4.14. The molecule has 5 nitrogen and oxygen atoms in total. The number of hydrogen-bond donors (Lipinski definition) is 2. The van der Waals surface area contributed by atoms with Crippen molar-refractivity contribution in [2.45, 2.75) is 58.8 Å². The van der Waals surface area contributed by atoms with E-state index in [4.69, 9.17) is 4.98 Å². The van der Waals surface area contributed by atoms with Gasteiger partial charge in [0.25, 0.3) is 0 Å². The summed E-state index contributed by atoms with van der Waals surface area (Å²) in [7, 11) is 0. The van der Waals surface area contributed by atoms with Gasteiger partial charge in [-0.15, -0.1) is 12.6 Å². The zero-order valence-corrected chi connectivity index (χ0v) is 22.5. The molecule has 0 aromatic carbocycles. The second-order valence-electron chi connectivity index (χ2n) is 9.44. The average molecular weight is 514 g/mol. The zero-order valence-electron chi connectivity index (χ0n) is 21.6. The Balaban J connectivity index is 1.53. The van der Waals surface area contributed by atoms with Gasteiger partial charge in [0, 0.05) is 37.6 Å². The van der Waals surface area contributed by atoms with Crippen molar-refractivity contribution < 1.29 is 8.78 Å². The Morgan fingerprint density at radius 2 is 1.89 bits per heavy atom. The van der Waals surface area contributed by atoms with Crippen LogP contribution >= 0.6 is 12.6 Å². The highest BCUT2D eigenvalue weighted by Crippen LogP contribution is 2.28. The number of allylic oxidation sites excluding steroid dienone is 4. The van der Waals surface area contributed by atoms with Crippen molar-refractivity contribution >= 4 is 30.2 Å². The lowest BCUT2D eigenvalue weighted by atomic mass is 9.97. The number of anilines is 1. The number of halogens is 2. The zero-order chi connectivity index (χ0) is 26.1. The number of piperidine rings is 1. The van der Waals surface area contributed by atoms with Crippen LogP contribution in [-0.4, -0.2) is 39.8 Å². The van der Waals surface area contributed by atoms with Gasteiger partial charge in [0.15, 0.2) is 0 Å². The molecule has 8 heteroatoms. The van der Waals surface area contributed by atoms with Crippen LogP contribution in [0.25, 0.3) is 11.6 Å². The van der Waals surface area contributed by atoms with Gasteiger partial charge in [-0.1, -0.05) is 30.7 Å². The number of nitrogens with one attached hydrogen (secondary N) is 1. The van der Waals surface area contributed by atoms with Crippen LogP contribution in [0.15, 0.2) is 53.9 Å². The van der Waals surface area contributed by atoms with Gasteiger partial charge < -0.3 is 10.2 Å². The van der Waals surface area contributed by atoms with E-state index >= 15 is 0 Å². The highest BCUT2D eigenvalue weighted by molar-refractivity contribution is 7.81. The van der Waals surface area contributed by atoms with Gasteiger partial charge in [0.1, 0.15) is 0 Å². The monoisotopic (exact) mass is 513 g/mol. The topological polar surface area (TPSA) is 53.9 Å². The van der Waals surface area contributed by atoms with E-state index in [9.17, 15) is 8.78 Å². The summed E-state index contributed by atoms with van der Waals surface area (Å²) in [6, 6.07) is 5.88. The molecule has 1 fully saturated rings. The normalized spacial score (nSPS) is 16.5. The predicted octanol–water partition coefficient (Wildman–Crippen LogP) is 6.56. The molecular formula is C28H37F2N5S. The molecule has 0 spiro atoms. The van der Waals surface area contributed by atoms with Crippen LogP contribution in [-0.2, 0) is 6.54 Å². The van der Waals surface area contributed by atoms with Gasteiger partial charge in [0.2, 0.25) is 5.95 Å². The van der Waals surface area contributed by atoms with Crippen LogP contribution in [0, 0.1) is 5.92 Å². The molecule has 194 valence electrons. The fourth-order valence-electron chi connectivity index (χ4n) is 4.06. The summed E-state index contributed by atoms with van der Waals surface area (Å²) in [4.78, 5) is 16.0. The maximum Gasteiger partial charge on any atom is 0.312 e. The number of pyridine rings is 1. The van der Waals surface area contributed by atoms with Gasteiger partial charge in [-0.05, 0) is 81.8 Å². The highest BCUT2D eigenvalue weighted by Gasteiger charge is 2.24. The van der Waals surface area contributed by atoms with Crippen LogP contribution in [0.3, 0.4) is 0 Å². The number of hydrogen-bond acceptors (Lipinski definition) is 6. The Labute approximate surface area is 219 Å². The van der Waals surface area contributed by atoms with Crippen molar-refractivity contribution in [3.63, 3.8) is 0 Å². The smallest absolute Gasteiger partial charge is 0.312 e. The molecule has 0 atom stereocenters. The molecule has 3 rings (SSSR count). The van der Waals surface area contributed by atoms with Crippen molar-refractivity contribution in [3.8, 4) is 0 Å². The van der Waals surface area contributed by atoms with Crippen molar-refractivity contribution in [2.75, 3.05) is 24.5 Å². The lowest BCUT2D eigenvalue weighted by Crippen LogP contribution is -2.38. The first-order valence-corrected chi connectivity index (χ1v) is 13.0. The molecule has 0 unspecified atom stereocenters. The molecular weight excluding hydrogens is 476 g/mol. The molecule has 0 amide bonds.